The maximum absolute atomic E-state index is 12.3. The van der Waals surface area contributed by atoms with Crippen molar-refractivity contribution in [2.75, 3.05) is 17.2 Å². The van der Waals surface area contributed by atoms with Crippen molar-refractivity contribution in [1.82, 2.24) is 10.3 Å². The summed E-state index contributed by atoms with van der Waals surface area (Å²) in [6, 6.07) is 10.2. The molecule has 0 unspecified atom stereocenters. The summed E-state index contributed by atoms with van der Waals surface area (Å²) in [6.07, 6.45) is 2.52. The van der Waals surface area contributed by atoms with Crippen LogP contribution in [0.15, 0.2) is 48.8 Å². The lowest BCUT2D eigenvalue weighted by Crippen LogP contribution is -2.34. The van der Waals surface area contributed by atoms with Crippen molar-refractivity contribution >= 4 is 29.3 Å². The van der Waals surface area contributed by atoms with Crippen LogP contribution in [0.1, 0.15) is 37.6 Å². The highest BCUT2D eigenvalue weighted by Crippen LogP contribution is 2.21. The number of ether oxygens (including phenoxy) is 1. The summed E-state index contributed by atoms with van der Waals surface area (Å²) in [5, 5.41) is 8.00. The monoisotopic (exact) mass is 384 g/mol. The molecule has 0 atom stereocenters. The van der Waals surface area contributed by atoms with E-state index >= 15 is 0 Å². The Labute approximate surface area is 163 Å². The molecule has 0 radical (unpaired) electrons. The summed E-state index contributed by atoms with van der Waals surface area (Å²) in [7, 11) is 0. The van der Waals surface area contributed by atoms with Gasteiger partial charge in [0.1, 0.15) is 5.60 Å². The van der Waals surface area contributed by atoms with Gasteiger partial charge in [0.2, 0.25) is 5.91 Å². The second-order valence-corrected chi connectivity index (χ2v) is 6.97. The van der Waals surface area contributed by atoms with Crippen LogP contribution in [0.5, 0.6) is 0 Å². The summed E-state index contributed by atoms with van der Waals surface area (Å²) >= 11 is 0. The van der Waals surface area contributed by atoms with Crippen LogP contribution in [0, 0.1) is 0 Å². The Morgan fingerprint density at radius 3 is 2.29 bits per heavy atom. The van der Waals surface area contributed by atoms with E-state index in [9.17, 15) is 14.4 Å². The predicted molar refractivity (Wildman–Crippen MR) is 106 cm³/mol. The third kappa shape index (κ3) is 7.06. The van der Waals surface area contributed by atoms with Gasteiger partial charge in [0, 0.05) is 25.4 Å². The van der Waals surface area contributed by atoms with Gasteiger partial charge in [0.15, 0.2) is 0 Å². The third-order valence-electron chi connectivity index (χ3n) is 3.39. The minimum atomic E-state index is -0.599. The third-order valence-corrected chi connectivity index (χ3v) is 3.39. The maximum atomic E-state index is 12.3. The number of alkyl carbamates (subject to hydrolysis) is 1. The molecule has 28 heavy (non-hydrogen) atoms. The standard InChI is InChI=1S/C20H24N4O4/c1-20(2,3)28-19(27)22-12-10-17(25)23-15-8-4-5-9-16(15)24-18(26)14-7-6-11-21-13-14/h4-9,11,13H,10,12H2,1-3H3,(H,22,27)(H,23,25)(H,24,26). The van der Waals surface area contributed by atoms with Gasteiger partial charge in [-0.1, -0.05) is 12.1 Å². The molecule has 0 aliphatic heterocycles. The Hall–Kier alpha value is -3.42. The van der Waals surface area contributed by atoms with Crippen molar-refractivity contribution in [3.8, 4) is 0 Å². The van der Waals surface area contributed by atoms with E-state index in [1.165, 1.54) is 6.20 Å². The molecule has 0 spiro atoms. The second-order valence-electron chi connectivity index (χ2n) is 6.97. The number of carbonyl (C=O) groups is 3. The summed E-state index contributed by atoms with van der Waals surface area (Å²) < 4.78 is 5.11. The zero-order valence-electron chi connectivity index (χ0n) is 16.1. The Kier molecular flexibility index (Phi) is 7.08. The summed E-state index contributed by atoms with van der Waals surface area (Å²) in [5.41, 5.74) is 0.731. The van der Waals surface area contributed by atoms with E-state index in [-0.39, 0.29) is 24.8 Å². The van der Waals surface area contributed by atoms with E-state index in [1.54, 1.807) is 63.4 Å². The van der Waals surface area contributed by atoms with Gasteiger partial charge in [-0.25, -0.2) is 4.79 Å². The molecular formula is C20H24N4O4. The fourth-order valence-corrected chi connectivity index (χ4v) is 2.20. The van der Waals surface area contributed by atoms with Crippen molar-refractivity contribution in [2.45, 2.75) is 32.8 Å². The number of amides is 3. The molecule has 148 valence electrons. The number of aromatic nitrogens is 1. The highest BCUT2D eigenvalue weighted by Gasteiger charge is 2.16. The minimum absolute atomic E-state index is 0.0597. The molecule has 0 bridgehead atoms. The minimum Gasteiger partial charge on any atom is -0.444 e. The molecule has 0 fully saturated rings. The molecule has 2 rings (SSSR count). The van der Waals surface area contributed by atoms with Gasteiger partial charge < -0.3 is 20.7 Å². The van der Waals surface area contributed by atoms with Crippen LogP contribution < -0.4 is 16.0 Å². The van der Waals surface area contributed by atoms with E-state index in [0.717, 1.165) is 0 Å². The number of benzene rings is 1. The van der Waals surface area contributed by atoms with Crippen LogP contribution in [0.25, 0.3) is 0 Å². The molecule has 8 nitrogen and oxygen atoms in total. The van der Waals surface area contributed by atoms with E-state index in [1.807, 2.05) is 0 Å². The van der Waals surface area contributed by atoms with Crippen molar-refractivity contribution in [3.63, 3.8) is 0 Å². The van der Waals surface area contributed by atoms with Crippen molar-refractivity contribution in [1.29, 1.82) is 0 Å². The highest BCUT2D eigenvalue weighted by molar-refractivity contribution is 6.07. The van der Waals surface area contributed by atoms with Gasteiger partial charge in [0.05, 0.1) is 16.9 Å². The molecule has 3 amide bonds. The van der Waals surface area contributed by atoms with Gasteiger partial charge in [-0.15, -0.1) is 0 Å². The van der Waals surface area contributed by atoms with Gasteiger partial charge in [-0.2, -0.15) is 0 Å². The number of rotatable bonds is 6. The largest absolute Gasteiger partial charge is 0.444 e. The number of nitrogens with zero attached hydrogens (tertiary/aromatic N) is 1. The first-order chi connectivity index (χ1) is 13.2. The molecule has 3 N–H and O–H groups in total. The molecule has 1 aromatic carbocycles. The maximum Gasteiger partial charge on any atom is 0.407 e. The molecule has 2 aromatic rings. The molecule has 0 aliphatic carbocycles. The average Bonchev–Trinajstić information content (AvgIpc) is 2.62. The first kappa shape index (κ1) is 20.9. The lowest BCUT2D eigenvalue weighted by molar-refractivity contribution is -0.116. The molecule has 8 heteroatoms. The van der Waals surface area contributed by atoms with Crippen LogP contribution in [-0.2, 0) is 9.53 Å². The van der Waals surface area contributed by atoms with Crippen LogP contribution in [-0.4, -0.2) is 35.0 Å². The number of hydrogen-bond donors (Lipinski definition) is 3. The van der Waals surface area contributed by atoms with E-state index in [2.05, 4.69) is 20.9 Å². The topological polar surface area (TPSA) is 109 Å². The lowest BCUT2D eigenvalue weighted by atomic mass is 10.2. The van der Waals surface area contributed by atoms with Crippen LogP contribution >= 0.6 is 0 Å². The molecule has 1 aromatic heterocycles. The first-order valence-electron chi connectivity index (χ1n) is 8.82. The lowest BCUT2D eigenvalue weighted by Gasteiger charge is -2.19. The van der Waals surface area contributed by atoms with Gasteiger partial charge >= 0.3 is 6.09 Å². The number of carbonyl (C=O) groups excluding carboxylic acids is 3. The fourth-order valence-electron chi connectivity index (χ4n) is 2.20. The first-order valence-corrected chi connectivity index (χ1v) is 8.82. The number of hydrogen-bond acceptors (Lipinski definition) is 5. The Morgan fingerprint density at radius 1 is 1.00 bits per heavy atom. The highest BCUT2D eigenvalue weighted by atomic mass is 16.6. The zero-order valence-corrected chi connectivity index (χ0v) is 16.1. The van der Waals surface area contributed by atoms with E-state index < -0.39 is 11.7 Å². The number of para-hydroxylation sites is 2. The Bertz CT molecular complexity index is 832. The van der Waals surface area contributed by atoms with Gasteiger partial charge in [-0.3, -0.25) is 14.6 Å². The Morgan fingerprint density at radius 2 is 1.68 bits per heavy atom. The summed E-state index contributed by atoms with van der Waals surface area (Å²) in [4.78, 5) is 40.0. The SMILES string of the molecule is CC(C)(C)OC(=O)NCCC(=O)Nc1ccccc1NC(=O)c1cccnc1. The average molecular weight is 384 g/mol. The molecule has 0 saturated carbocycles. The fraction of sp³-hybridized carbons (Fsp3) is 0.300. The summed E-state index contributed by atoms with van der Waals surface area (Å²) in [6.45, 7) is 5.41. The van der Waals surface area contributed by atoms with E-state index in [0.29, 0.717) is 16.9 Å². The number of pyridine rings is 1. The van der Waals surface area contributed by atoms with Crippen LogP contribution in [0.3, 0.4) is 0 Å². The van der Waals surface area contributed by atoms with Gasteiger partial charge in [0.25, 0.3) is 5.91 Å². The molecule has 1 heterocycles. The van der Waals surface area contributed by atoms with Gasteiger partial charge in [-0.05, 0) is 45.0 Å². The van der Waals surface area contributed by atoms with Crippen molar-refractivity contribution < 1.29 is 19.1 Å². The smallest absolute Gasteiger partial charge is 0.407 e. The molecule has 0 aliphatic rings. The number of anilines is 2. The second kappa shape index (κ2) is 9.50. The van der Waals surface area contributed by atoms with Crippen LogP contribution in [0.4, 0.5) is 16.2 Å². The summed E-state index contributed by atoms with van der Waals surface area (Å²) in [5.74, 6) is -0.638. The Balaban J connectivity index is 1.89. The van der Waals surface area contributed by atoms with Crippen LogP contribution in [0.2, 0.25) is 0 Å². The van der Waals surface area contributed by atoms with E-state index in [4.69, 9.17) is 4.74 Å². The van der Waals surface area contributed by atoms with Crippen molar-refractivity contribution in [3.05, 3.63) is 54.4 Å². The normalized spacial score (nSPS) is 10.7. The molecule has 0 saturated heterocycles. The molecular weight excluding hydrogens is 360 g/mol. The number of nitrogens with one attached hydrogen (secondary N) is 3. The van der Waals surface area contributed by atoms with Crippen molar-refractivity contribution in [2.24, 2.45) is 0 Å². The quantitative estimate of drug-likeness (QED) is 0.709. The zero-order chi connectivity index (χ0) is 20.6. The predicted octanol–water partition coefficient (Wildman–Crippen LogP) is 3.19.